The highest BCUT2D eigenvalue weighted by molar-refractivity contribution is 7.17. The van der Waals surface area contributed by atoms with Gasteiger partial charge in [0.15, 0.2) is 5.13 Å². The predicted molar refractivity (Wildman–Crippen MR) is 120 cm³/mol. The number of amides is 1. The van der Waals surface area contributed by atoms with Gasteiger partial charge in [-0.25, -0.2) is 14.2 Å². The van der Waals surface area contributed by atoms with E-state index >= 15 is 0 Å². The van der Waals surface area contributed by atoms with Crippen molar-refractivity contribution in [2.24, 2.45) is 11.8 Å². The zero-order chi connectivity index (χ0) is 22.7. The summed E-state index contributed by atoms with van der Waals surface area (Å²) in [4.78, 5) is 33.8. The van der Waals surface area contributed by atoms with E-state index in [1.165, 1.54) is 18.2 Å². The zero-order valence-corrected chi connectivity index (χ0v) is 19.0. The third kappa shape index (κ3) is 3.54. The number of carboxylic acids is 1. The highest BCUT2D eigenvalue weighted by Crippen LogP contribution is 2.48. The Morgan fingerprint density at radius 3 is 2.59 bits per heavy atom. The van der Waals surface area contributed by atoms with Crippen molar-refractivity contribution in [1.82, 2.24) is 15.3 Å². The summed E-state index contributed by atoms with van der Waals surface area (Å²) in [5.41, 5.74) is 1.57. The third-order valence-corrected chi connectivity index (χ3v) is 8.00. The van der Waals surface area contributed by atoms with E-state index < -0.39 is 11.8 Å². The van der Waals surface area contributed by atoms with Crippen molar-refractivity contribution in [2.75, 3.05) is 18.0 Å². The van der Waals surface area contributed by atoms with Gasteiger partial charge in [0.05, 0.1) is 15.7 Å². The van der Waals surface area contributed by atoms with Crippen LogP contribution >= 0.6 is 34.5 Å². The van der Waals surface area contributed by atoms with E-state index in [4.69, 9.17) is 23.2 Å². The fourth-order valence-corrected chi connectivity index (χ4v) is 5.63. The lowest BCUT2D eigenvalue weighted by atomic mass is 10.1. The number of aromatic nitrogens is 2. The number of fused-ring (bicyclic) bond motifs is 1. The minimum absolute atomic E-state index is 0.0128. The molecule has 3 aromatic rings. The van der Waals surface area contributed by atoms with Crippen molar-refractivity contribution in [3.8, 4) is 11.3 Å². The smallest absolute Gasteiger partial charge is 0.348 e. The monoisotopic (exact) mass is 494 g/mol. The number of carbonyl (C=O) groups excluding carboxylic acids is 1. The molecule has 1 aliphatic carbocycles. The highest BCUT2D eigenvalue weighted by atomic mass is 35.5. The topological polar surface area (TPSA) is 98.3 Å². The molecule has 0 unspecified atom stereocenters. The number of hydrogen-bond donors (Lipinski definition) is 3. The first kappa shape index (κ1) is 21.2. The van der Waals surface area contributed by atoms with Gasteiger partial charge < -0.3 is 20.3 Å². The molecule has 2 fully saturated rings. The van der Waals surface area contributed by atoms with Crippen LogP contribution in [0.2, 0.25) is 10.0 Å². The van der Waals surface area contributed by atoms with Crippen LogP contribution in [0.4, 0.5) is 9.52 Å². The molecule has 32 heavy (non-hydrogen) atoms. The second-order valence-corrected chi connectivity index (χ2v) is 9.71. The molecule has 1 aromatic carbocycles. The van der Waals surface area contributed by atoms with Gasteiger partial charge in [0.2, 0.25) is 0 Å². The standard InChI is InChI=1S/C21H17Cl2FN4O3S/c1-8-13(22)14(23)17(25-8)19(29)26-16-11-6-28(7-12(11)16)21-27-15(18(32-21)20(30)31)9-3-2-4-10(24)5-9/h2-5,11-12,16,25H,6-7H2,1H3,(H,26,29)(H,30,31)/t11-,12+,16-. The molecule has 0 bridgehead atoms. The Labute approximate surface area is 196 Å². The van der Waals surface area contributed by atoms with Crippen molar-refractivity contribution in [2.45, 2.75) is 13.0 Å². The van der Waals surface area contributed by atoms with E-state index in [1.54, 1.807) is 13.0 Å². The van der Waals surface area contributed by atoms with Crippen LogP contribution in [-0.4, -0.2) is 46.1 Å². The van der Waals surface area contributed by atoms with Crippen LogP contribution in [0.3, 0.4) is 0 Å². The molecule has 1 aliphatic heterocycles. The van der Waals surface area contributed by atoms with E-state index in [2.05, 4.69) is 15.3 Å². The quantitative estimate of drug-likeness (QED) is 0.486. The molecular weight excluding hydrogens is 478 g/mol. The van der Waals surface area contributed by atoms with E-state index in [-0.39, 0.29) is 45.1 Å². The number of hydrogen-bond acceptors (Lipinski definition) is 5. The Morgan fingerprint density at radius 1 is 1.28 bits per heavy atom. The van der Waals surface area contributed by atoms with Gasteiger partial charge in [-0.3, -0.25) is 4.79 Å². The van der Waals surface area contributed by atoms with Crippen LogP contribution in [0.15, 0.2) is 24.3 Å². The molecule has 166 valence electrons. The normalized spacial score (nSPS) is 21.5. The summed E-state index contributed by atoms with van der Waals surface area (Å²) < 4.78 is 13.6. The summed E-state index contributed by atoms with van der Waals surface area (Å²) >= 11 is 13.3. The Kier molecular flexibility index (Phi) is 5.15. The number of nitrogens with zero attached hydrogens (tertiary/aromatic N) is 2. The molecule has 2 aliphatic rings. The van der Waals surface area contributed by atoms with Crippen LogP contribution in [0.1, 0.15) is 25.9 Å². The fourth-order valence-electron chi connectivity index (χ4n) is 4.27. The molecule has 0 spiro atoms. The second kappa shape index (κ2) is 7.75. The molecule has 3 atom stereocenters. The van der Waals surface area contributed by atoms with E-state index in [0.717, 1.165) is 11.3 Å². The van der Waals surface area contributed by atoms with Gasteiger partial charge in [-0.15, -0.1) is 0 Å². The minimum atomic E-state index is -1.10. The molecule has 1 amide bonds. The van der Waals surface area contributed by atoms with Crippen LogP contribution in [-0.2, 0) is 0 Å². The molecule has 7 nitrogen and oxygen atoms in total. The summed E-state index contributed by atoms with van der Waals surface area (Å²) in [7, 11) is 0. The maximum Gasteiger partial charge on any atom is 0.348 e. The number of halogens is 3. The Morgan fingerprint density at radius 2 is 2.00 bits per heavy atom. The Balaban J connectivity index is 1.29. The third-order valence-electron chi connectivity index (χ3n) is 5.95. The number of anilines is 1. The van der Waals surface area contributed by atoms with Crippen molar-refractivity contribution in [3.05, 3.63) is 56.4 Å². The molecule has 3 N–H and O–H groups in total. The first-order chi connectivity index (χ1) is 15.2. The Hall–Kier alpha value is -2.62. The number of benzene rings is 1. The van der Waals surface area contributed by atoms with Crippen molar-refractivity contribution < 1.29 is 19.1 Å². The van der Waals surface area contributed by atoms with Gasteiger partial charge in [-0.2, -0.15) is 0 Å². The lowest BCUT2D eigenvalue weighted by Crippen LogP contribution is -2.34. The van der Waals surface area contributed by atoms with E-state index in [1.807, 2.05) is 4.90 Å². The lowest BCUT2D eigenvalue weighted by Gasteiger charge is -2.19. The van der Waals surface area contributed by atoms with Gasteiger partial charge in [0.25, 0.3) is 5.91 Å². The van der Waals surface area contributed by atoms with Gasteiger partial charge in [-0.1, -0.05) is 46.7 Å². The molecule has 11 heteroatoms. The number of carbonyl (C=O) groups is 2. The van der Waals surface area contributed by atoms with E-state index in [9.17, 15) is 19.1 Å². The van der Waals surface area contributed by atoms with Gasteiger partial charge in [0.1, 0.15) is 16.4 Å². The number of aromatic amines is 1. The average molecular weight is 495 g/mol. The maximum absolute atomic E-state index is 13.6. The molecule has 1 saturated heterocycles. The predicted octanol–water partition coefficient (Wildman–Crippen LogP) is 4.46. The Bertz CT molecular complexity index is 1250. The number of aryl methyl sites for hydroxylation is 1. The molecular formula is C21H17Cl2FN4O3S. The first-order valence-electron chi connectivity index (χ1n) is 9.84. The SMILES string of the molecule is Cc1[nH]c(C(=O)N[C@@H]2[C@@H]3CN(c4nc(-c5cccc(F)c5)c(C(=O)O)s4)C[C@@H]32)c(Cl)c1Cl. The molecule has 1 saturated carbocycles. The van der Waals surface area contributed by atoms with Crippen LogP contribution in [0.25, 0.3) is 11.3 Å². The summed E-state index contributed by atoms with van der Waals surface area (Å²) in [5, 5.41) is 13.7. The number of nitrogens with one attached hydrogen (secondary N) is 2. The lowest BCUT2D eigenvalue weighted by molar-refractivity contribution is 0.0702. The molecule has 3 heterocycles. The summed E-state index contributed by atoms with van der Waals surface area (Å²) in [6.07, 6.45) is 0. The van der Waals surface area contributed by atoms with Gasteiger partial charge in [0, 0.05) is 42.2 Å². The van der Waals surface area contributed by atoms with Crippen molar-refractivity contribution >= 4 is 51.5 Å². The number of rotatable bonds is 5. The second-order valence-electron chi connectivity index (χ2n) is 7.97. The minimum Gasteiger partial charge on any atom is -0.477 e. The number of thiazole rings is 1. The summed E-state index contributed by atoms with van der Waals surface area (Å²) in [6, 6.07) is 5.76. The first-order valence-corrected chi connectivity index (χ1v) is 11.4. The summed E-state index contributed by atoms with van der Waals surface area (Å²) in [6.45, 7) is 3.03. The van der Waals surface area contributed by atoms with Crippen molar-refractivity contribution in [3.63, 3.8) is 0 Å². The van der Waals surface area contributed by atoms with Crippen LogP contribution < -0.4 is 10.2 Å². The number of aromatic carboxylic acids is 1. The highest BCUT2D eigenvalue weighted by Gasteiger charge is 2.57. The van der Waals surface area contributed by atoms with Gasteiger partial charge in [-0.05, 0) is 19.1 Å². The molecule has 2 aromatic heterocycles. The largest absolute Gasteiger partial charge is 0.477 e. The number of piperidine rings is 1. The fraction of sp³-hybridized carbons (Fsp3) is 0.286. The maximum atomic E-state index is 13.6. The number of H-pyrrole nitrogens is 1. The zero-order valence-electron chi connectivity index (χ0n) is 16.7. The average Bonchev–Trinajstić information content (AvgIpc) is 3.16. The van der Waals surface area contributed by atoms with Gasteiger partial charge >= 0.3 is 5.97 Å². The molecule has 0 radical (unpaired) electrons. The molecule has 5 rings (SSSR count). The number of carboxylic acid groups (broad SMARTS) is 1. The van der Waals surface area contributed by atoms with E-state index in [0.29, 0.717) is 34.5 Å². The summed E-state index contributed by atoms with van der Waals surface area (Å²) in [5.74, 6) is -1.38. The van der Waals surface area contributed by atoms with Crippen LogP contribution in [0.5, 0.6) is 0 Å². The van der Waals surface area contributed by atoms with Crippen LogP contribution in [0, 0.1) is 24.6 Å². The van der Waals surface area contributed by atoms with Crippen molar-refractivity contribution in [1.29, 1.82) is 0 Å².